The molecule has 0 radical (unpaired) electrons. The molecule has 0 aliphatic rings. The van der Waals surface area contributed by atoms with Gasteiger partial charge in [0.2, 0.25) is 0 Å². The van der Waals surface area contributed by atoms with E-state index in [1.807, 2.05) is 27.7 Å². The summed E-state index contributed by atoms with van der Waals surface area (Å²) < 4.78 is 33.6. The highest BCUT2D eigenvalue weighted by Gasteiger charge is 2.15. The van der Waals surface area contributed by atoms with E-state index in [-0.39, 0.29) is 31.2 Å². The normalized spacial score (nSPS) is 14.0. The Morgan fingerprint density at radius 2 is 1.04 bits per heavy atom. The smallest absolute Gasteiger partial charge is 0.147 e. The summed E-state index contributed by atoms with van der Waals surface area (Å²) in [4.78, 5) is 0. The Morgan fingerprint density at radius 1 is 0.640 bits per heavy atom. The summed E-state index contributed by atoms with van der Waals surface area (Å²) in [6.07, 6.45) is 3.25. The van der Waals surface area contributed by atoms with Crippen LogP contribution in [0.4, 0.5) is 0 Å². The van der Waals surface area contributed by atoms with Gasteiger partial charge >= 0.3 is 0 Å². The fraction of sp³-hybridized carbons (Fsp3) is 0.789. The van der Waals surface area contributed by atoms with E-state index in [0.29, 0.717) is 39.6 Å². The van der Waals surface area contributed by atoms with Gasteiger partial charge in [-0.2, -0.15) is 0 Å². The Morgan fingerprint density at radius 3 is 1.36 bits per heavy atom. The van der Waals surface area contributed by atoms with Crippen LogP contribution in [0.25, 0.3) is 0 Å². The largest absolute Gasteiger partial charge is 0.376 e. The summed E-state index contributed by atoms with van der Waals surface area (Å²) in [5, 5.41) is 0. The van der Waals surface area contributed by atoms with Crippen LogP contribution in [0, 0.1) is 0 Å². The van der Waals surface area contributed by atoms with Gasteiger partial charge in [0.05, 0.1) is 51.8 Å². The second-order valence-corrected chi connectivity index (χ2v) is 6.11. The van der Waals surface area contributed by atoms with Crippen LogP contribution in [0.5, 0.6) is 0 Å². The number of ether oxygens (including phenoxy) is 6. The molecule has 0 spiro atoms. The van der Waals surface area contributed by atoms with Crippen molar-refractivity contribution in [3.63, 3.8) is 0 Å². The molecule has 6 heteroatoms. The van der Waals surface area contributed by atoms with E-state index in [0.717, 1.165) is 0 Å². The van der Waals surface area contributed by atoms with Crippen molar-refractivity contribution in [2.45, 2.75) is 52.1 Å². The molecule has 2 unspecified atom stereocenters. The average Bonchev–Trinajstić information content (AvgIpc) is 2.56. The molecule has 0 saturated carbocycles. The number of rotatable bonds is 18. The third-order valence-corrected chi connectivity index (χ3v) is 2.92. The maximum Gasteiger partial charge on any atom is 0.147 e. The minimum atomic E-state index is -0.205. The fourth-order valence-corrected chi connectivity index (χ4v) is 1.69. The Balaban J connectivity index is 4.26. The van der Waals surface area contributed by atoms with Gasteiger partial charge in [-0.3, -0.25) is 0 Å². The predicted molar refractivity (Wildman–Crippen MR) is 98.8 cm³/mol. The second kappa shape index (κ2) is 16.7. The Kier molecular flexibility index (Phi) is 16.2. The molecule has 0 aromatic heterocycles. The Labute approximate surface area is 153 Å². The van der Waals surface area contributed by atoms with Crippen molar-refractivity contribution in [2.24, 2.45) is 0 Å². The molecule has 6 nitrogen and oxygen atoms in total. The van der Waals surface area contributed by atoms with Crippen molar-refractivity contribution >= 4 is 0 Å². The maximum atomic E-state index is 5.74. The minimum absolute atomic E-state index is 0.118. The molecule has 0 aromatic rings. The first-order valence-electron chi connectivity index (χ1n) is 8.83. The highest BCUT2D eigenvalue weighted by atomic mass is 16.7. The highest BCUT2D eigenvalue weighted by Crippen LogP contribution is 2.03. The lowest BCUT2D eigenvalue weighted by Gasteiger charge is -2.22. The Hall–Kier alpha value is -0.760. The van der Waals surface area contributed by atoms with Gasteiger partial charge in [0, 0.05) is 0 Å². The molecule has 0 fully saturated rings. The third kappa shape index (κ3) is 16.5. The van der Waals surface area contributed by atoms with Crippen molar-refractivity contribution in [1.82, 2.24) is 0 Å². The highest BCUT2D eigenvalue weighted by molar-refractivity contribution is 4.66. The molecule has 0 N–H and O–H groups in total. The summed E-state index contributed by atoms with van der Waals surface area (Å²) in [6.45, 7) is 18.0. The van der Waals surface area contributed by atoms with Gasteiger partial charge in [0.15, 0.2) is 0 Å². The molecule has 2 atom stereocenters. The monoisotopic (exact) mass is 360 g/mol. The van der Waals surface area contributed by atoms with Crippen molar-refractivity contribution < 1.29 is 28.4 Å². The fourth-order valence-electron chi connectivity index (χ4n) is 1.69. The molecule has 0 saturated heterocycles. The van der Waals surface area contributed by atoms with Crippen LogP contribution in [0.2, 0.25) is 0 Å². The van der Waals surface area contributed by atoms with Crippen LogP contribution in [0.1, 0.15) is 27.7 Å². The first-order chi connectivity index (χ1) is 12.0. The lowest BCUT2D eigenvalue weighted by atomic mass is 10.4. The SMILES string of the molecule is C=CCOCC(COC(C)C)OCOC(COCC=C)COC(C)C. The minimum Gasteiger partial charge on any atom is -0.376 e. The topological polar surface area (TPSA) is 55.4 Å². The molecular formula is C19H36O6. The van der Waals surface area contributed by atoms with Crippen LogP contribution in [-0.2, 0) is 28.4 Å². The van der Waals surface area contributed by atoms with Crippen LogP contribution < -0.4 is 0 Å². The first-order valence-corrected chi connectivity index (χ1v) is 8.83. The summed E-state index contributed by atoms with van der Waals surface area (Å²) in [5.74, 6) is 0. The van der Waals surface area contributed by atoms with Gasteiger partial charge in [-0.1, -0.05) is 12.2 Å². The van der Waals surface area contributed by atoms with E-state index >= 15 is 0 Å². The lowest BCUT2D eigenvalue weighted by Crippen LogP contribution is -2.32. The van der Waals surface area contributed by atoms with E-state index in [1.165, 1.54) is 0 Å². The van der Waals surface area contributed by atoms with Gasteiger partial charge in [-0.15, -0.1) is 13.2 Å². The van der Waals surface area contributed by atoms with Crippen molar-refractivity contribution in [3.05, 3.63) is 25.3 Å². The first kappa shape index (κ1) is 24.2. The zero-order chi connectivity index (χ0) is 18.9. The molecule has 0 amide bonds. The summed E-state index contributed by atoms with van der Waals surface area (Å²) in [5.41, 5.74) is 0. The van der Waals surface area contributed by atoms with Crippen LogP contribution >= 0.6 is 0 Å². The summed E-state index contributed by atoms with van der Waals surface area (Å²) in [6, 6.07) is 0. The van der Waals surface area contributed by atoms with E-state index in [9.17, 15) is 0 Å². The predicted octanol–water partition coefficient (Wildman–Crippen LogP) is 2.97. The van der Waals surface area contributed by atoms with Gasteiger partial charge < -0.3 is 28.4 Å². The van der Waals surface area contributed by atoms with Gasteiger partial charge in [0.25, 0.3) is 0 Å². The zero-order valence-electron chi connectivity index (χ0n) is 16.3. The van der Waals surface area contributed by atoms with E-state index in [4.69, 9.17) is 28.4 Å². The number of hydrogen-bond acceptors (Lipinski definition) is 6. The second-order valence-electron chi connectivity index (χ2n) is 6.11. The van der Waals surface area contributed by atoms with Crippen LogP contribution in [0.3, 0.4) is 0 Å². The van der Waals surface area contributed by atoms with Crippen LogP contribution in [-0.4, -0.2) is 70.9 Å². The molecule has 0 rings (SSSR count). The van der Waals surface area contributed by atoms with Crippen LogP contribution in [0.15, 0.2) is 25.3 Å². The molecule has 0 aliphatic heterocycles. The average molecular weight is 360 g/mol. The molecule has 0 aliphatic carbocycles. The Bertz CT molecular complexity index is 289. The van der Waals surface area contributed by atoms with Gasteiger partial charge in [0.1, 0.15) is 19.0 Å². The summed E-state index contributed by atoms with van der Waals surface area (Å²) >= 11 is 0. The van der Waals surface area contributed by atoms with Crippen molar-refractivity contribution in [2.75, 3.05) is 46.4 Å². The van der Waals surface area contributed by atoms with Crippen molar-refractivity contribution in [3.8, 4) is 0 Å². The standard InChI is InChI=1S/C19H36O6/c1-7-9-20-11-18(13-22-16(3)4)24-15-25-19(12-21-10-8-2)14-23-17(5)6/h7-8,16-19H,1-2,9-15H2,3-6H3. The van der Waals surface area contributed by atoms with Crippen molar-refractivity contribution in [1.29, 1.82) is 0 Å². The zero-order valence-corrected chi connectivity index (χ0v) is 16.3. The lowest BCUT2D eigenvalue weighted by molar-refractivity contribution is -0.171. The molecule has 148 valence electrons. The van der Waals surface area contributed by atoms with Gasteiger partial charge in [-0.25, -0.2) is 0 Å². The number of hydrogen-bond donors (Lipinski definition) is 0. The molecule has 0 heterocycles. The quantitative estimate of drug-likeness (QED) is 0.213. The van der Waals surface area contributed by atoms with Gasteiger partial charge in [-0.05, 0) is 27.7 Å². The molecule has 25 heavy (non-hydrogen) atoms. The molecule has 0 aromatic carbocycles. The summed E-state index contributed by atoms with van der Waals surface area (Å²) in [7, 11) is 0. The third-order valence-electron chi connectivity index (χ3n) is 2.92. The molecular weight excluding hydrogens is 324 g/mol. The molecule has 0 bridgehead atoms. The van der Waals surface area contributed by atoms with E-state index in [2.05, 4.69) is 13.2 Å². The van der Waals surface area contributed by atoms with E-state index in [1.54, 1.807) is 12.2 Å². The van der Waals surface area contributed by atoms with E-state index < -0.39 is 0 Å². The maximum absolute atomic E-state index is 5.74.